The van der Waals surface area contributed by atoms with Crippen LogP contribution in [0.4, 0.5) is 5.13 Å². The first-order valence-corrected chi connectivity index (χ1v) is 11.5. The van der Waals surface area contributed by atoms with Gasteiger partial charge in [-0.3, -0.25) is 4.68 Å². The molecule has 0 spiro atoms. The average Bonchev–Trinajstić information content (AvgIpc) is 3.47. The Labute approximate surface area is 198 Å². The summed E-state index contributed by atoms with van der Waals surface area (Å²) in [5, 5.41) is 9.03. The van der Waals surface area contributed by atoms with Crippen molar-refractivity contribution in [2.24, 2.45) is 0 Å². The van der Waals surface area contributed by atoms with Crippen molar-refractivity contribution in [3.05, 3.63) is 71.5 Å². The molecule has 0 bridgehead atoms. The molecule has 0 aliphatic rings. The number of nitrogens with zero attached hydrogens (tertiary/aromatic N) is 3. The molecule has 0 saturated heterocycles. The first-order valence-electron chi connectivity index (χ1n) is 10.7. The second kappa shape index (κ2) is 10.4. The fourth-order valence-electron chi connectivity index (χ4n) is 3.62. The molecule has 2 aromatic carbocycles. The number of thiazole rings is 1. The molecule has 0 aliphatic heterocycles. The number of benzene rings is 2. The molecule has 2 aromatic heterocycles. The summed E-state index contributed by atoms with van der Waals surface area (Å²) in [5.41, 5.74) is 4.16. The van der Waals surface area contributed by atoms with Gasteiger partial charge in [-0.25, -0.2) is 4.98 Å². The molecule has 1 N–H and O–H groups in total. The zero-order valence-corrected chi connectivity index (χ0v) is 20.1. The highest BCUT2D eigenvalue weighted by Gasteiger charge is 2.14. The maximum absolute atomic E-state index is 5.52. The number of nitrogens with one attached hydrogen (secondary N) is 1. The largest absolute Gasteiger partial charge is 0.497 e. The lowest BCUT2D eigenvalue weighted by Gasteiger charge is -2.12. The van der Waals surface area contributed by atoms with E-state index in [0.717, 1.165) is 51.4 Å². The van der Waals surface area contributed by atoms with Gasteiger partial charge in [0.25, 0.3) is 0 Å². The van der Waals surface area contributed by atoms with Crippen LogP contribution in [0.2, 0.25) is 0 Å². The van der Waals surface area contributed by atoms with Crippen LogP contribution < -0.4 is 19.5 Å². The number of rotatable bonds is 10. The van der Waals surface area contributed by atoms with Crippen LogP contribution in [0.3, 0.4) is 0 Å². The van der Waals surface area contributed by atoms with Crippen LogP contribution in [0.5, 0.6) is 17.2 Å². The minimum absolute atomic E-state index is 0.586. The number of hydrogen-bond donors (Lipinski definition) is 1. The maximum Gasteiger partial charge on any atom is 0.183 e. The number of ether oxygens (including phenoxy) is 3. The zero-order valence-electron chi connectivity index (χ0n) is 19.3. The summed E-state index contributed by atoms with van der Waals surface area (Å²) in [6.45, 7) is 3.41. The summed E-state index contributed by atoms with van der Waals surface area (Å²) in [6.07, 6.45) is 2.92. The lowest BCUT2D eigenvalue weighted by atomic mass is 10.1. The summed E-state index contributed by atoms with van der Waals surface area (Å²) in [7, 11) is 4.97. The number of anilines is 1. The molecule has 0 unspecified atom stereocenters. The second-order valence-electron chi connectivity index (χ2n) is 7.50. The first kappa shape index (κ1) is 22.7. The van der Waals surface area contributed by atoms with E-state index in [9.17, 15) is 0 Å². The molecule has 0 fully saturated rings. The van der Waals surface area contributed by atoms with E-state index in [-0.39, 0.29) is 0 Å². The fourth-order valence-corrected chi connectivity index (χ4v) is 4.54. The lowest BCUT2D eigenvalue weighted by Crippen LogP contribution is -2.02. The monoisotopic (exact) mass is 464 g/mol. The third-order valence-corrected chi connectivity index (χ3v) is 6.51. The SMILES string of the molecule is COc1ccc(CCn2ccc(-c3sc(NCc4cccc(OC)c4OC)nc3C)n2)cc1. The Balaban J connectivity index is 1.41. The molecular weight excluding hydrogens is 436 g/mol. The number of aryl methyl sites for hydroxylation is 3. The number of hydrogen-bond acceptors (Lipinski definition) is 7. The maximum atomic E-state index is 5.52. The molecule has 8 heteroatoms. The molecule has 0 amide bonds. The Kier molecular flexibility index (Phi) is 7.14. The molecular formula is C25H28N4O3S. The number of aromatic nitrogens is 3. The Morgan fingerprint density at radius 1 is 0.970 bits per heavy atom. The van der Waals surface area contributed by atoms with Gasteiger partial charge in [0.1, 0.15) is 11.4 Å². The van der Waals surface area contributed by atoms with Crippen LogP contribution in [0.1, 0.15) is 16.8 Å². The molecule has 2 heterocycles. The smallest absolute Gasteiger partial charge is 0.183 e. The highest BCUT2D eigenvalue weighted by Crippen LogP contribution is 2.34. The van der Waals surface area contributed by atoms with Crippen LogP contribution in [0.25, 0.3) is 10.6 Å². The quantitative estimate of drug-likeness (QED) is 0.348. The third-order valence-electron chi connectivity index (χ3n) is 5.37. The summed E-state index contributed by atoms with van der Waals surface area (Å²) >= 11 is 1.60. The lowest BCUT2D eigenvalue weighted by molar-refractivity contribution is 0.352. The van der Waals surface area contributed by atoms with Gasteiger partial charge in [-0.05, 0) is 43.2 Å². The fraction of sp³-hybridized carbons (Fsp3) is 0.280. The molecule has 7 nitrogen and oxygen atoms in total. The van der Waals surface area contributed by atoms with Crippen LogP contribution >= 0.6 is 11.3 Å². The molecule has 4 rings (SSSR count). The van der Waals surface area contributed by atoms with E-state index in [0.29, 0.717) is 12.3 Å². The standard InChI is InChI=1S/C25H28N4O3S/c1-17-24(21-13-15-29(28-21)14-12-18-8-10-20(30-2)11-9-18)33-25(27-17)26-16-19-6-5-7-22(31-3)23(19)32-4/h5-11,13,15H,12,14,16H2,1-4H3,(H,26,27). The van der Waals surface area contributed by atoms with Gasteiger partial charge in [-0.1, -0.05) is 35.6 Å². The van der Waals surface area contributed by atoms with Gasteiger partial charge in [-0.15, -0.1) is 0 Å². The zero-order chi connectivity index (χ0) is 23.2. The van der Waals surface area contributed by atoms with Crippen molar-refractivity contribution >= 4 is 16.5 Å². The number of para-hydroxylation sites is 1. The van der Waals surface area contributed by atoms with E-state index in [2.05, 4.69) is 17.4 Å². The van der Waals surface area contributed by atoms with Gasteiger partial charge < -0.3 is 19.5 Å². The summed E-state index contributed by atoms with van der Waals surface area (Å²) in [6, 6.07) is 16.1. The van der Waals surface area contributed by atoms with E-state index in [1.165, 1.54) is 5.56 Å². The molecule has 0 aliphatic carbocycles. The van der Waals surface area contributed by atoms with E-state index >= 15 is 0 Å². The number of methoxy groups -OCH3 is 3. The molecule has 0 radical (unpaired) electrons. The third kappa shape index (κ3) is 5.28. The first-order chi connectivity index (χ1) is 16.1. The van der Waals surface area contributed by atoms with Crippen molar-refractivity contribution < 1.29 is 14.2 Å². The topological polar surface area (TPSA) is 70.4 Å². The van der Waals surface area contributed by atoms with E-state index < -0.39 is 0 Å². The van der Waals surface area contributed by atoms with Gasteiger partial charge >= 0.3 is 0 Å². The minimum Gasteiger partial charge on any atom is -0.497 e. The molecule has 0 saturated carbocycles. The van der Waals surface area contributed by atoms with Crippen molar-refractivity contribution in [3.8, 4) is 27.8 Å². The van der Waals surface area contributed by atoms with Gasteiger partial charge in [0.05, 0.1) is 31.9 Å². The summed E-state index contributed by atoms with van der Waals surface area (Å²) in [4.78, 5) is 5.76. The van der Waals surface area contributed by atoms with Crippen molar-refractivity contribution in [1.82, 2.24) is 14.8 Å². The minimum atomic E-state index is 0.586. The highest BCUT2D eigenvalue weighted by molar-refractivity contribution is 7.19. The van der Waals surface area contributed by atoms with Gasteiger partial charge in [0, 0.05) is 24.8 Å². The molecule has 4 aromatic rings. The van der Waals surface area contributed by atoms with Crippen molar-refractivity contribution in [1.29, 1.82) is 0 Å². The van der Waals surface area contributed by atoms with Crippen LogP contribution in [-0.2, 0) is 19.5 Å². The molecule has 0 atom stereocenters. The predicted octanol–water partition coefficient (Wildman–Crippen LogP) is 5.20. The van der Waals surface area contributed by atoms with Gasteiger partial charge in [-0.2, -0.15) is 5.10 Å². The predicted molar refractivity (Wildman–Crippen MR) is 132 cm³/mol. The normalized spacial score (nSPS) is 10.8. The second-order valence-corrected chi connectivity index (χ2v) is 8.50. The van der Waals surface area contributed by atoms with Crippen molar-refractivity contribution in [2.45, 2.75) is 26.4 Å². The highest BCUT2D eigenvalue weighted by atomic mass is 32.1. The summed E-state index contributed by atoms with van der Waals surface area (Å²) in [5.74, 6) is 2.32. The molecule has 172 valence electrons. The Morgan fingerprint density at radius 2 is 1.79 bits per heavy atom. The van der Waals surface area contributed by atoms with Crippen LogP contribution in [-0.4, -0.2) is 36.1 Å². The average molecular weight is 465 g/mol. The van der Waals surface area contributed by atoms with E-state index in [4.69, 9.17) is 24.3 Å². The Morgan fingerprint density at radius 3 is 2.52 bits per heavy atom. The Hall–Kier alpha value is -3.52. The Bertz CT molecular complexity index is 1200. The van der Waals surface area contributed by atoms with Gasteiger partial charge in [0.15, 0.2) is 16.6 Å². The van der Waals surface area contributed by atoms with Crippen LogP contribution in [0.15, 0.2) is 54.7 Å². The van der Waals surface area contributed by atoms with Crippen molar-refractivity contribution in [2.75, 3.05) is 26.6 Å². The van der Waals surface area contributed by atoms with Gasteiger partial charge in [0.2, 0.25) is 0 Å². The van der Waals surface area contributed by atoms with E-state index in [1.54, 1.807) is 32.7 Å². The van der Waals surface area contributed by atoms with E-state index in [1.807, 2.05) is 54.2 Å². The summed E-state index contributed by atoms with van der Waals surface area (Å²) < 4.78 is 18.1. The van der Waals surface area contributed by atoms with Crippen LogP contribution in [0, 0.1) is 6.92 Å². The van der Waals surface area contributed by atoms with Crippen molar-refractivity contribution in [3.63, 3.8) is 0 Å². The molecule has 33 heavy (non-hydrogen) atoms.